The summed E-state index contributed by atoms with van der Waals surface area (Å²) in [5, 5.41) is 5.81. The van der Waals surface area contributed by atoms with Crippen LogP contribution in [0.5, 0.6) is 0 Å². The van der Waals surface area contributed by atoms with Crippen molar-refractivity contribution in [3.05, 3.63) is 35.4 Å². The van der Waals surface area contributed by atoms with E-state index < -0.39 is 11.6 Å². The Kier molecular flexibility index (Phi) is 4.47. The van der Waals surface area contributed by atoms with E-state index in [9.17, 15) is 13.6 Å². The SMILES string of the molecule is CCC(NCC(=O)NC1CC1)c1cc(F)ccc1F. The Morgan fingerprint density at radius 3 is 2.79 bits per heavy atom. The van der Waals surface area contributed by atoms with Crippen molar-refractivity contribution in [2.24, 2.45) is 0 Å². The monoisotopic (exact) mass is 268 g/mol. The van der Waals surface area contributed by atoms with E-state index in [4.69, 9.17) is 0 Å². The fourth-order valence-electron chi connectivity index (χ4n) is 1.98. The van der Waals surface area contributed by atoms with Gasteiger partial charge in [-0.1, -0.05) is 6.92 Å². The number of rotatable bonds is 6. The molecule has 0 spiro atoms. The minimum absolute atomic E-state index is 0.0993. The standard InChI is InChI=1S/C14H18F2N2O/c1-2-13(11-7-9(15)3-6-12(11)16)17-8-14(19)18-10-4-5-10/h3,6-7,10,13,17H,2,4-5,8H2,1H3,(H,18,19). The Bertz CT molecular complexity index is 461. The Balaban J connectivity index is 1.94. The van der Waals surface area contributed by atoms with Crippen LogP contribution in [-0.2, 0) is 4.79 Å². The smallest absolute Gasteiger partial charge is 0.234 e. The van der Waals surface area contributed by atoms with Gasteiger partial charge in [-0.3, -0.25) is 4.79 Å². The Labute approximate surface area is 111 Å². The number of hydrogen-bond donors (Lipinski definition) is 2. The second-order valence-electron chi connectivity index (χ2n) is 4.85. The van der Waals surface area contributed by atoms with Crippen LogP contribution in [0.4, 0.5) is 8.78 Å². The number of carbonyl (C=O) groups is 1. The maximum atomic E-state index is 13.6. The van der Waals surface area contributed by atoms with Gasteiger partial charge in [-0.15, -0.1) is 0 Å². The summed E-state index contributed by atoms with van der Waals surface area (Å²) in [4.78, 5) is 11.6. The van der Waals surface area contributed by atoms with Gasteiger partial charge in [0.1, 0.15) is 11.6 Å². The molecule has 0 aromatic heterocycles. The third-order valence-corrected chi connectivity index (χ3v) is 3.19. The summed E-state index contributed by atoms with van der Waals surface area (Å²) in [5.74, 6) is -1.03. The molecule has 1 fully saturated rings. The normalized spacial score (nSPS) is 16.2. The number of hydrogen-bond acceptors (Lipinski definition) is 2. The van der Waals surface area contributed by atoms with Crippen LogP contribution < -0.4 is 10.6 Å². The highest BCUT2D eigenvalue weighted by Gasteiger charge is 2.23. The summed E-state index contributed by atoms with van der Waals surface area (Å²) in [6.45, 7) is 1.98. The largest absolute Gasteiger partial charge is 0.352 e. The first-order valence-corrected chi connectivity index (χ1v) is 6.58. The highest BCUT2D eigenvalue weighted by atomic mass is 19.1. The number of nitrogens with one attached hydrogen (secondary N) is 2. The van der Waals surface area contributed by atoms with Crippen LogP contribution in [0.15, 0.2) is 18.2 Å². The molecule has 1 aromatic rings. The van der Waals surface area contributed by atoms with Crippen molar-refractivity contribution in [3.63, 3.8) is 0 Å². The lowest BCUT2D eigenvalue weighted by Crippen LogP contribution is -2.36. The predicted octanol–water partition coefficient (Wildman–Crippen LogP) is 2.28. The molecule has 5 heteroatoms. The number of amides is 1. The first-order valence-electron chi connectivity index (χ1n) is 6.58. The predicted molar refractivity (Wildman–Crippen MR) is 68.6 cm³/mol. The molecule has 1 amide bonds. The molecule has 1 aromatic carbocycles. The average Bonchev–Trinajstić information content (AvgIpc) is 3.18. The molecule has 104 valence electrons. The van der Waals surface area contributed by atoms with Crippen LogP contribution in [0.2, 0.25) is 0 Å². The second kappa shape index (κ2) is 6.10. The molecular formula is C14H18F2N2O. The summed E-state index contributed by atoms with van der Waals surface area (Å²) in [5.41, 5.74) is 0.265. The van der Waals surface area contributed by atoms with Gasteiger partial charge in [0.25, 0.3) is 0 Å². The maximum absolute atomic E-state index is 13.6. The Hall–Kier alpha value is -1.49. The van der Waals surface area contributed by atoms with E-state index in [2.05, 4.69) is 10.6 Å². The highest BCUT2D eigenvalue weighted by Crippen LogP contribution is 2.21. The third-order valence-electron chi connectivity index (χ3n) is 3.19. The lowest BCUT2D eigenvalue weighted by Gasteiger charge is -2.18. The minimum Gasteiger partial charge on any atom is -0.352 e. The van der Waals surface area contributed by atoms with Gasteiger partial charge in [-0.05, 0) is 37.5 Å². The highest BCUT2D eigenvalue weighted by molar-refractivity contribution is 5.78. The maximum Gasteiger partial charge on any atom is 0.234 e. The zero-order chi connectivity index (χ0) is 13.8. The van der Waals surface area contributed by atoms with Gasteiger partial charge >= 0.3 is 0 Å². The van der Waals surface area contributed by atoms with Crippen molar-refractivity contribution in [1.29, 1.82) is 0 Å². The number of halogens is 2. The summed E-state index contributed by atoms with van der Waals surface area (Å²) in [6.07, 6.45) is 2.64. The molecule has 19 heavy (non-hydrogen) atoms. The van der Waals surface area contributed by atoms with Gasteiger partial charge in [0.15, 0.2) is 0 Å². The molecular weight excluding hydrogens is 250 g/mol. The summed E-state index contributed by atoms with van der Waals surface area (Å²) < 4.78 is 26.8. The third kappa shape index (κ3) is 3.99. The van der Waals surface area contributed by atoms with E-state index in [1.54, 1.807) is 0 Å². The number of carbonyl (C=O) groups excluding carboxylic acids is 1. The van der Waals surface area contributed by atoms with Crippen molar-refractivity contribution >= 4 is 5.91 Å². The van der Waals surface area contributed by atoms with Crippen LogP contribution in [0, 0.1) is 11.6 Å². The summed E-state index contributed by atoms with van der Waals surface area (Å²) >= 11 is 0. The quantitative estimate of drug-likeness (QED) is 0.831. The molecule has 0 aliphatic heterocycles. The van der Waals surface area contributed by atoms with Gasteiger partial charge in [0, 0.05) is 17.6 Å². The zero-order valence-corrected chi connectivity index (χ0v) is 10.9. The molecule has 1 aliphatic carbocycles. The van der Waals surface area contributed by atoms with E-state index in [0.717, 1.165) is 25.0 Å². The molecule has 1 saturated carbocycles. The van der Waals surface area contributed by atoms with Gasteiger partial charge in [-0.25, -0.2) is 8.78 Å². The topological polar surface area (TPSA) is 41.1 Å². The van der Waals surface area contributed by atoms with Gasteiger partial charge in [0.05, 0.1) is 6.54 Å². The van der Waals surface area contributed by atoms with E-state index in [0.29, 0.717) is 12.5 Å². The fourth-order valence-corrected chi connectivity index (χ4v) is 1.98. The van der Waals surface area contributed by atoms with E-state index in [-0.39, 0.29) is 24.1 Å². The first kappa shape index (κ1) is 13.9. The van der Waals surface area contributed by atoms with Crippen molar-refractivity contribution in [2.75, 3.05) is 6.54 Å². The van der Waals surface area contributed by atoms with E-state index in [1.807, 2.05) is 6.92 Å². The van der Waals surface area contributed by atoms with Crippen LogP contribution in [-0.4, -0.2) is 18.5 Å². The van der Waals surface area contributed by atoms with Crippen molar-refractivity contribution in [1.82, 2.24) is 10.6 Å². The lowest BCUT2D eigenvalue weighted by atomic mass is 10.0. The summed E-state index contributed by atoms with van der Waals surface area (Å²) in [7, 11) is 0. The second-order valence-corrected chi connectivity index (χ2v) is 4.85. The number of benzene rings is 1. The van der Waals surface area contributed by atoms with Crippen molar-refractivity contribution in [3.8, 4) is 0 Å². The fraction of sp³-hybridized carbons (Fsp3) is 0.500. The molecule has 0 radical (unpaired) electrons. The molecule has 1 unspecified atom stereocenters. The van der Waals surface area contributed by atoms with E-state index in [1.165, 1.54) is 6.07 Å². The van der Waals surface area contributed by atoms with Gasteiger partial charge in [0.2, 0.25) is 5.91 Å². The molecule has 2 rings (SSSR count). The average molecular weight is 268 g/mol. The molecule has 0 heterocycles. The van der Waals surface area contributed by atoms with Gasteiger partial charge in [-0.2, -0.15) is 0 Å². The Morgan fingerprint density at radius 2 is 2.16 bits per heavy atom. The Morgan fingerprint density at radius 1 is 1.42 bits per heavy atom. The minimum atomic E-state index is -0.473. The molecule has 0 bridgehead atoms. The lowest BCUT2D eigenvalue weighted by molar-refractivity contribution is -0.120. The van der Waals surface area contributed by atoms with Crippen LogP contribution in [0.3, 0.4) is 0 Å². The van der Waals surface area contributed by atoms with Gasteiger partial charge < -0.3 is 10.6 Å². The zero-order valence-electron chi connectivity index (χ0n) is 10.9. The molecule has 2 N–H and O–H groups in total. The first-order chi connectivity index (χ1) is 9.10. The molecule has 0 saturated heterocycles. The van der Waals surface area contributed by atoms with Crippen molar-refractivity contribution < 1.29 is 13.6 Å². The van der Waals surface area contributed by atoms with Crippen LogP contribution in [0.1, 0.15) is 37.8 Å². The summed E-state index contributed by atoms with van der Waals surface area (Å²) in [6, 6.07) is 3.32. The molecule has 1 atom stereocenters. The van der Waals surface area contributed by atoms with E-state index >= 15 is 0 Å². The van der Waals surface area contributed by atoms with Crippen LogP contribution in [0.25, 0.3) is 0 Å². The molecule has 3 nitrogen and oxygen atoms in total. The van der Waals surface area contributed by atoms with Crippen LogP contribution >= 0.6 is 0 Å². The van der Waals surface area contributed by atoms with Crippen molar-refractivity contribution in [2.45, 2.75) is 38.3 Å². The molecule has 1 aliphatic rings.